The van der Waals surface area contributed by atoms with E-state index in [1.165, 1.54) is 0 Å². The Hall–Kier alpha value is -2.80. The van der Waals surface area contributed by atoms with Crippen LogP contribution >= 0.6 is 0 Å². The van der Waals surface area contributed by atoms with E-state index >= 15 is 0 Å². The van der Waals surface area contributed by atoms with Gasteiger partial charge in [-0.3, -0.25) is 4.79 Å². The maximum atomic E-state index is 12.6. The summed E-state index contributed by atoms with van der Waals surface area (Å²) >= 11 is 0. The fourth-order valence-electron chi connectivity index (χ4n) is 3.16. The van der Waals surface area contributed by atoms with Gasteiger partial charge in [-0.15, -0.1) is 0 Å². The van der Waals surface area contributed by atoms with E-state index in [4.69, 9.17) is 4.74 Å². The molecule has 134 valence electrons. The number of fused-ring (bicyclic) bond motifs is 1. The first-order valence-electron chi connectivity index (χ1n) is 8.81. The molecule has 7 nitrogen and oxygen atoms in total. The van der Waals surface area contributed by atoms with Crippen molar-refractivity contribution in [1.29, 1.82) is 0 Å². The number of aromatic amines is 1. The van der Waals surface area contributed by atoms with E-state index < -0.39 is 0 Å². The summed E-state index contributed by atoms with van der Waals surface area (Å²) in [5.74, 6) is 1.58. The minimum atomic E-state index is -0.265. The van der Waals surface area contributed by atoms with Gasteiger partial charge in [0.1, 0.15) is 11.9 Å². The topological polar surface area (TPSA) is 84.0 Å². The van der Waals surface area contributed by atoms with Gasteiger partial charge in [-0.1, -0.05) is 12.1 Å². The van der Waals surface area contributed by atoms with Crippen molar-refractivity contribution in [3.05, 3.63) is 53.9 Å². The second-order valence-electron chi connectivity index (χ2n) is 6.46. The van der Waals surface area contributed by atoms with E-state index in [0.29, 0.717) is 38.4 Å². The summed E-state index contributed by atoms with van der Waals surface area (Å²) in [6, 6.07) is 9.73. The Labute approximate surface area is 151 Å². The number of amides is 1. The van der Waals surface area contributed by atoms with Crippen LogP contribution < -0.4 is 0 Å². The molecular weight excluding hydrogens is 330 g/mol. The number of hydrogen-bond acceptors (Lipinski definition) is 5. The Morgan fingerprint density at radius 3 is 3.04 bits per heavy atom. The first-order valence-corrected chi connectivity index (χ1v) is 8.81. The zero-order valence-electron chi connectivity index (χ0n) is 14.7. The fourth-order valence-corrected chi connectivity index (χ4v) is 3.16. The van der Waals surface area contributed by atoms with Crippen LogP contribution in [0.5, 0.6) is 0 Å². The molecule has 4 rings (SSSR count). The first-order chi connectivity index (χ1) is 12.7. The Morgan fingerprint density at radius 1 is 1.31 bits per heavy atom. The second-order valence-corrected chi connectivity index (χ2v) is 6.46. The molecule has 1 fully saturated rings. The summed E-state index contributed by atoms with van der Waals surface area (Å²) in [7, 11) is 0. The number of ether oxygens (including phenoxy) is 1. The first kappa shape index (κ1) is 16.7. The molecule has 3 heterocycles. The van der Waals surface area contributed by atoms with Gasteiger partial charge in [0.05, 0.1) is 24.2 Å². The standard InChI is InChI=1S/C19H21N5O2/c1-13-8-9-20-19(21-13)16-12-24(10-11-26-16)18(25)7-6-17-22-14-4-2-3-5-15(14)23-17/h2-5,8-9,16H,6-7,10-12H2,1H3,(H,22,23)/t16-/m1/s1. The molecule has 1 aromatic carbocycles. The molecule has 0 aliphatic carbocycles. The van der Waals surface area contributed by atoms with Gasteiger partial charge in [-0.2, -0.15) is 0 Å². The van der Waals surface area contributed by atoms with Crippen molar-refractivity contribution in [2.45, 2.75) is 25.9 Å². The number of benzene rings is 1. The summed E-state index contributed by atoms with van der Waals surface area (Å²) in [5.41, 5.74) is 2.82. The van der Waals surface area contributed by atoms with Crippen molar-refractivity contribution in [1.82, 2.24) is 24.8 Å². The third kappa shape index (κ3) is 3.57. The van der Waals surface area contributed by atoms with E-state index in [2.05, 4.69) is 19.9 Å². The van der Waals surface area contributed by atoms with Crippen molar-refractivity contribution in [3.63, 3.8) is 0 Å². The minimum Gasteiger partial charge on any atom is -0.367 e. The number of aryl methyl sites for hydroxylation is 2. The molecule has 0 saturated carbocycles. The van der Waals surface area contributed by atoms with Crippen molar-refractivity contribution in [3.8, 4) is 0 Å². The predicted molar refractivity (Wildman–Crippen MR) is 96.5 cm³/mol. The lowest BCUT2D eigenvalue weighted by molar-refractivity contribution is -0.139. The monoisotopic (exact) mass is 351 g/mol. The molecule has 3 aromatic rings. The molecule has 7 heteroatoms. The van der Waals surface area contributed by atoms with Crippen molar-refractivity contribution in [2.24, 2.45) is 0 Å². The average Bonchev–Trinajstić information content (AvgIpc) is 3.09. The lowest BCUT2D eigenvalue weighted by atomic mass is 10.2. The number of rotatable bonds is 4. The summed E-state index contributed by atoms with van der Waals surface area (Å²) in [6.45, 7) is 3.51. The molecule has 1 amide bonds. The normalized spacial score (nSPS) is 17.6. The van der Waals surface area contributed by atoms with E-state index in [1.54, 1.807) is 6.20 Å². The highest BCUT2D eigenvalue weighted by Gasteiger charge is 2.27. The highest BCUT2D eigenvalue weighted by atomic mass is 16.5. The van der Waals surface area contributed by atoms with Gasteiger partial charge >= 0.3 is 0 Å². The largest absolute Gasteiger partial charge is 0.367 e. The molecule has 2 aromatic heterocycles. The smallest absolute Gasteiger partial charge is 0.223 e. The van der Waals surface area contributed by atoms with Crippen LogP contribution in [0.4, 0.5) is 0 Å². The van der Waals surface area contributed by atoms with Crippen LogP contribution in [0.2, 0.25) is 0 Å². The zero-order chi connectivity index (χ0) is 17.9. The maximum Gasteiger partial charge on any atom is 0.223 e. The number of imidazole rings is 1. The van der Waals surface area contributed by atoms with Gasteiger partial charge in [0.25, 0.3) is 0 Å². The van der Waals surface area contributed by atoms with Gasteiger partial charge in [0.2, 0.25) is 5.91 Å². The van der Waals surface area contributed by atoms with E-state index in [9.17, 15) is 4.79 Å². The van der Waals surface area contributed by atoms with Crippen molar-refractivity contribution in [2.75, 3.05) is 19.7 Å². The van der Waals surface area contributed by atoms with Crippen LogP contribution in [0.3, 0.4) is 0 Å². The number of para-hydroxylation sites is 2. The van der Waals surface area contributed by atoms with Gasteiger partial charge in [0, 0.05) is 31.3 Å². The molecule has 0 radical (unpaired) electrons. The molecule has 0 spiro atoms. The summed E-state index contributed by atoms with van der Waals surface area (Å²) < 4.78 is 5.76. The fraction of sp³-hybridized carbons (Fsp3) is 0.368. The summed E-state index contributed by atoms with van der Waals surface area (Å²) in [6.07, 6.45) is 2.47. The van der Waals surface area contributed by atoms with Crippen LogP contribution in [-0.4, -0.2) is 50.4 Å². The van der Waals surface area contributed by atoms with Crippen LogP contribution in [0, 0.1) is 6.92 Å². The van der Waals surface area contributed by atoms with Crippen molar-refractivity contribution < 1.29 is 9.53 Å². The molecule has 1 saturated heterocycles. The Kier molecular flexibility index (Phi) is 4.62. The van der Waals surface area contributed by atoms with Gasteiger partial charge in [0.15, 0.2) is 5.82 Å². The van der Waals surface area contributed by atoms with Crippen LogP contribution in [0.1, 0.15) is 29.9 Å². The molecule has 1 atom stereocenters. The molecule has 0 unspecified atom stereocenters. The van der Waals surface area contributed by atoms with E-state index in [-0.39, 0.29) is 12.0 Å². The molecule has 26 heavy (non-hydrogen) atoms. The van der Waals surface area contributed by atoms with Gasteiger partial charge in [-0.05, 0) is 25.1 Å². The summed E-state index contributed by atoms with van der Waals surface area (Å²) in [4.78, 5) is 31.0. The quantitative estimate of drug-likeness (QED) is 0.779. The number of aromatic nitrogens is 4. The van der Waals surface area contributed by atoms with Crippen LogP contribution in [0.15, 0.2) is 36.5 Å². The van der Waals surface area contributed by atoms with Crippen LogP contribution in [-0.2, 0) is 16.0 Å². The Bertz CT molecular complexity index is 890. The number of morpholine rings is 1. The number of nitrogens with zero attached hydrogens (tertiary/aromatic N) is 4. The Balaban J connectivity index is 1.38. The second kappa shape index (κ2) is 7.21. The van der Waals surface area contributed by atoms with E-state index in [1.807, 2.05) is 42.2 Å². The SMILES string of the molecule is Cc1ccnc([C@H]2CN(C(=O)CCc3nc4ccccc4[nH]3)CCO2)n1. The molecular formula is C19H21N5O2. The average molecular weight is 351 g/mol. The number of H-pyrrole nitrogens is 1. The third-order valence-corrected chi connectivity index (χ3v) is 4.53. The van der Waals surface area contributed by atoms with Gasteiger partial charge in [-0.25, -0.2) is 15.0 Å². The van der Waals surface area contributed by atoms with Crippen molar-refractivity contribution >= 4 is 16.9 Å². The Morgan fingerprint density at radius 2 is 2.19 bits per heavy atom. The number of hydrogen-bond donors (Lipinski definition) is 1. The zero-order valence-corrected chi connectivity index (χ0v) is 14.7. The molecule has 1 aliphatic heterocycles. The highest BCUT2D eigenvalue weighted by molar-refractivity contribution is 5.77. The van der Waals surface area contributed by atoms with E-state index in [0.717, 1.165) is 22.6 Å². The molecule has 1 aliphatic rings. The summed E-state index contributed by atoms with van der Waals surface area (Å²) in [5, 5.41) is 0. The number of carbonyl (C=O) groups excluding carboxylic acids is 1. The number of carbonyl (C=O) groups is 1. The molecule has 1 N–H and O–H groups in total. The third-order valence-electron chi connectivity index (χ3n) is 4.53. The predicted octanol–water partition coefficient (Wildman–Crippen LogP) is 2.19. The maximum absolute atomic E-state index is 12.6. The highest BCUT2D eigenvalue weighted by Crippen LogP contribution is 2.20. The van der Waals surface area contributed by atoms with Gasteiger partial charge < -0.3 is 14.6 Å². The minimum absolute atomic E-state index is 0.103. The lowest BCUT2D eigenvalue weighted by Gasteiger charge is -2.32. The number of nitrogens with one attached hydrogen (secondary N) is 1. The molecule has 0 bridgehead atoms. The van der Waals surface area contributed by atoms with Crippen LogP contribution in [0.25, 0.3) is 11.0 Å². The lowest BCUT2D eigenvalue weighted by Crippen LogP contribution is -2.42.